The van der Waals surface area contributed by atoms with E-state index in [2.05, 4.69) is 55.4 Å². The minimum atomic E-state index is -4.96. The second-order valence-corrected chi connectivity index (χ2v) is 31.7. The molecule has 0 aliphatic rings. The van der Waals surface area contributed by atoms with Gasteiger partial charge in [-0.3, -0.25) is 37.3 Å². The van der Waals surface area contributed by atoms with E-state index in [0.717, 1.165) is 120 Å². The molecule has 0 saturated carbocycles. The molecule has 0 fully saturated rings. The molecule has 0 aromatic rings. The largest absolute Gasteiger partial charge is 0.472 e. The third-order valence-electron chi connectivity index (χ3n) is 18.3. The van der Waals surface area contributed by atoms with Gasteiger partial charge in [0.25, 0.3) is 0 Å². The van der Waals surface area contributed by atoms with Crippen LogP contribution < -0.4 is 0 Å². The summed E-state index contributed by atoms with van der Waals surface area (Å²) in [5.74, 6) is 0.921. The number of rotatable bonds is 73. The molecule has 0 aliphatic heterocycles. The Balaban J connectivity index is 5.15. The topological polar surface area (TPSA) is 237 Å². The summed E-state index contributed by atoms with van der Waals surface area (Å²) < 4.78 is 68.4. The highest BCUT2D eigenvalue weighted by Crippen LogP contribution is 2.45. The van der Waals surface area contributed by atoms with Gasteiger partial charge in [-0.05, 0) is 49.4 Å². The van der Waals surface area contributed by atoms with Gasteiger partial charge in [-0.1, -0.05) is 331 Å². The predicted molar refractivity (Wildman–Crippen MR) is 386 cm³/mol. The number of hydrogen-bond acceptors (Lipinski definition) is 15. The zero-order valence-corrected chi connectivity index (χ0v) is 64.1. The predicted octanol–water partition coefficient (Wildman–Crippen LogP) is 22.0. The molecule has 0 bridgehead atoms. The van der Waals surface area contributed by atoms with Crippen molar-refractivity contribution in [3.63, 3.8) is 0 Å². The summed E-state index contributed by atoms with van der Waals surface area (Å²) in [7, 11) is -9.91. The van der Waals surface area contributed by atoms with Gasteiger partial charge < -0.3 is 33.8 Å². The van der Waals surface area contributed by atoms with Crippen molar-refractivity contribution in [2.45, 2.75) is 401 Å². The molecule has 0 aromatic heterocycles. The second-order valence-electron chi connectivity index (χ2n) is 28.8. The van der Waals surface area contributed by atoms with E-state index in [0.29, 0.717) is 31.6 Å². The molecule has 17 nitrogen and oxygen atoms in total. The fourth-order valence-corrected chi connectivity index (χ4v) is 13.1. The van der Waals surface area contributed by atoms with Gasteiger partial charge in [-0.25, -0.2) is 9.13 Å². The van der Waals surface area contributed by atoms with Gasteiger partial charge in [0.1, 0.15) is 19.3 Å². The van der Waals surface area contributed by atoms with Gasteiger partial charge in [0.05, 0.1) is 26.4 Å². The zero-order valence-electron chi connectivity index (χ0n) is 62.3. The summed E-state index contributed by atoms with van der Waals surface area (Å²) in [6.07, 6.45) is 50.2. The Labute approximate surface area is 581 Å². The summed E-state index contributed by atoms with van der Waals surface area (Å²) in [6.45, 7) is 14.1. The van der Waals surface area contributed by atoms with Crippen molar-refractivity contribution < 1.29 is 80.2 Å². The molecule has 0 rings (SSSR count). The molecule has 0 aliphatic carbocycles. The normalized spacial score (nSPS) is 14.7. The Bertz CT molecular complexity index is 1870. The average Bonchev–Trinajstić information content (AvgIpc) is 2.45. The van der Waals surface area contributed by atoms with Crippen molar-refractivity contribution in [2.24, 2.45) is 23.7 Å². The number of aliphatic hydroxyl groups is 1. The van der Waals surface area contributed by atoms with Gasteiger partial charge in [-0.2, -0.15) is 0 Å². The lowest BCUT2D eigenvalue weighted by Gasteiger charge is -2.21. The van der Waals surface area contributed by atoms with Gasteiger partial charge in [0.15, 0.2) is 12.2 Å². The zero-order chi connectivity index (χ0) is 70.3. The number of unbranched alkanes of at least 4 members (excludes halogenated alkanes) is 37. The molecule has 0 saturated heterocycles. The maximum absolute atomic E-state index is 13.1. The van der Waals surface area contributed by atoms with E-state index in [-0.39, 0.29) is 25.7 Å². The second kappa shape index (κ2) is 65.4. The fourth-order valence-electron chi connectivity index (χ4n) is 11.5. The third kappa shape index (κ3) is 67.6. The highest BCUT2D eigenvalue weighted by molar-refractivity contribution is 7.47. The molecule has 4 unspecified atom stereocenters. The number of phosphoric acid groups is 2. The van der Waals surface area contributed by atoms with Gasteiger partial charge >= 0.3 is 39.5 Å². The van der Waals surface area contributed by atoms with Crippen LogP contribution in [-0.2, 0) is 65.4 Å². The van der Waals surface area contributed by atoms with Crippen LogP contribution in [0, 0.1) is 23.7 Å². The van der Waals surface area contributed by atoms with E-state index in [1.807, 2.05) is 0 Å². The molecule has 0 aromatic carbocycles. The minimum Gasteiger partial charge on any atom is -0.462 e. The summed E-state index contributed by atoms with van der Waals surface area (Å²) >= 11 is 0. The Hall–Kier alpha value is -1.94. The molecular weight excluding hydrogens is 1250 g/mol. The Morgan fingerprint density at radius 1 is 0.295 bits per heavy atom. The fraction of sp³-hybridized carbons (Fsp3) is 0.947. The molecule has 0 amide bonds. The first-order valence-electron chi connectivity index (χ1n) is 39.3. The Morgan fingerprint density at radius 3 is 0.747 bits per heavy atom. The number of ether oxygens (including phenoxy) is 4. The Kier molecular flexibility index (Phi) is 64.0. The molecule has 95 heavy (non-hydrogen) atoms. The highest BCUT2D eigenvalue weighted by Gasteiger charge is 2.30. The number of carbonyl (C=O) groups excluding carboxylic acids is 4. The first kappa shape index (κ1) is 93.1. The lowest BCUT2D eigenvalue weighted by Crippen LogP contribution is -2.30. The van der Waals surface area contributed by atoms with Crippen LogP contribution >= 0.6 is 15.6 Å². The van der Waals surface area contributed by atoms with Crippen LogP contribution in [0.25, 0.3) is 0 Å². The number of aliphatic hydroxyl groups excluding tert-OH is 1. The number of carbonyl (C=O) groups is 4. The average molecular weight is 1400 g/mol. The molecule has 0 spiro atoms. The molecular formula is C76H148O17P2. The van der Waals surface area contributed by atoms with Crippen LogP contribution in [0.5, 0.6) is 0 Å². The first-order valence-corrected chi connectivity index (χ1v) is 42.3. The lowest BCUT2D eigenvalue weighted by atomic mass is 9.99. The standard InChI is InChI=1S/C76H148O17P2/c1-9-68(7)54-46-38-29-25-21-17-15-13-11-12-14-16-18-22-26-30-42-50-58-75(80)92-71(62-86-73(78)56-48-40-34-32-37-45-53-67(5)6)64-90-94(82,83)88-60-70(77)61-89-95(84,85)91-65-72(63-87-74(79)57-49-41-35-33-39-47-55-69(8)10-2)93-76(81)59-51-43-31-27-23-19-20-24-28-36-44-52-66(3)4/h66-72,77H,9-65H2,1-8H3,(H,82,83)(H,84,85)/t68?,69?,70-,71-,72-/m1/s1. The van der Waals surface area contributed by atoms with E-state index in [4.69, 9.17) is 37.0 Å². The molecule has 3 N–H and O–H groups in total. The van der Waals surface area contributed by atoms with Crippen molar-refractivity contribution in [2.75, 3.05) is 39.6 Å². The molecule has 19 heteroatoms. The van der Waals surface area contributed by atoms with Gasteiger partial charge in [-0.15, -0.1) is 0 Å². The van der Waals surface area contributed by atoms with Crippen LogP contribution in [0.2, 0.25) is 0 Å². The first-order chi connectivity index (χ1) is 45.7. The number of hydrogen-bond donors (Lipinski definition) is 3. The monoisotopic (exact) mass is 1400 g/mol. The number of esters is 4. The molecule has 0 heterocycles. The van der Waals surface area contributed by atoms with E-state index < -0.39 is 97.5 Å². The van der Waals surface area contributed by atoms with Crippen molar-refractivity contribution in [1.82, 2.24) is 0 Å². The number of phosphoric ester groups is 2. The van der Waals surface area contributed by atoms with Gasteiger partial charge in [0, 0.05) is 25.7 Å². The summed E-state index contributed by atoms with van der Waals surface area (Å²) in [5.41, 5.74) is 0. The lowest BCUT2D eigenvalue weighted by molar-refractivity contribution is -0.161. The van der Waals surface area contributed by atoms with Crippen LogP contribution in [-0.4, -0.2) is 96.7 Å². The van der Waals surface area contributed by atoms with Crippen molar-refractivity contribution in [3.05, 3.63) is 0 Å². The van der Waals surface area contributed by atoms with E-state index >= 15 is 0 Å². The maximum atomic E-state index is 13.1. The van der Waals surface area contributed by atoms with Crippen LogP contribution in [0.3, 0.4) is 0 Å². The smallest absolute Gasteiger partial charge is 0.462 e. The molecule has 7 atom stereocenters. The van der Waals surface area contributed by atoms with Crippen molar-refractivity contribution >= 4 is 39.5 Å². The summed E-state index contributed by atoms with van der Waals surface area (Å²) in [4.78, 5) is 72.7. The maximum Gasteiger partial charge on any atom is 0.472 e. The van der Waals surface area contributed by atoms with E-state index in [1.165, 1.54) is 173 Å². The van der Waals surface area contributed by atoms with Crippen molar-refractivity contribution in [1.29, 1.82) is 0 Å². The summed E-state index contributed by atoms with van der Waals surface area (Å²) in [5, 5.41) is 10.6. The van der Waals surface area contributed by atoms with Crippen LogP contribution in [0.1, 0.15) is 383 Å². The summed E-state index contributed by atoms with van der Waals surface area (Å²) in [6, 6.07) is 0. The van der Waals surface area contributed by atoms with E-state index in [1.54, 1.807) is 0 Å². The molecule has 0 radical (unpaired) electrons. The Morgan fingerprint density at radius 2 is 0.505 bits per heavy atom. The molecule has 564 valence electrons. The van der Waals surface area contributed by atoms with Crippen LogP contribution in [0.15, 0.2) is 0 Å². The SMILES string of the molecule is CCC(C)CCCCCCCCCCCCCCCCCCCCC(=O)O[C@H](COC(=O)CCCCCCCCC(C)C)COP(=O)(O)OC[C@@H](O)COP(=O)(O)OC[C@@H](COC(=O)CCCCCCCCC(C)CC)OC(=O)CCCCCCCCCCCCCC(C)C. The quantitative estimate of drug-likeness (QED) is 0.0222. The van der Waals surface area contributed by atoms with Crippen LogP contribution in [0.4, 0.5) is 0 Å². The third-order valence-corrected chi connectivity index (χ3v) is 20.2. The highest BCUT2D eigenvalue weighted by atomic mass is 31.2. The minimum absolute atomic E-state index is 0.105. The van der Waals surface area contributed by atoms with E-state index in [9.17, 15) is 43.2 Å². The van der Waals surface area contributed by atoms with Crippen molar-refractivity contribution in [3.8, 4) is 0 Å². The van der Waals surface area contributed by atoms with Gasteiger partial charge in [0.2, 0.25) is 0 Å².